The first-order valence-corrected chi connectivity index (χ1v) is 4.61. The molecule has 1 aliphatic heterocycles. The molecule has 0 saturated carbocycles. The Morgan fingerprint density at radius 2 is 2.36 bits per heavy atom. The van der Waals surface area contributed by atoms with Gasteiger partial charge in [-0.15, -0.1) is 0 Å². The number of rotatable bonds is 3. The average molecular weight is 197 g/mol. The maximum atomic E-state index is 11.2. The minimum atomic E-state index is -0.269. The monoisotopic (exact) mass is 197 g/mol. The van der Waals surface area contributed by atoms with E-state index >= 15 is 0 Å². The van der Waals surface area contributed by atoms with Crippen molar-refractivity contribution < 1.29 is 9.59 Å². The zero-order valence-electron chi connectivity index (χ0n) is 8.56. The maximum absolute atomic E-state index is 11.2. The summed E-state index contributed by atoms with van der Waals surface area (Å²) in [6.07, 6.45) is 2.86. The summed E-state index contributed by atoms with van der Waals surface area (Å²) in [6, 6.07) is 0. The number of carbonyl (C=O) groups is 2. The molecule has 5 heteroatoms. The molecule has 0 spiro atoms. The van der Waals surface area contributed by atoms with Crippen LogP contribution in [-0.4, -0.2) is 55.1 Å². The molecular formula is C9H15N3O2. The quantitative estimate of drug-likeness (QED) is 0.462. The van der Waals surface area contributed by atoms with E-state index in [1.165, 1.54) is 6.34 Å². The highest BCUT2D eigenvalue weighted by Crippen LogP contribution is 2.08. The molecule has 0 unspecified atom stereocenters. The Morgan fingerprint density at radius 1 is 1.64 bits per heavy atom. The molecule has 78 valence electrons. The molecule has 0 N–H and O–H groups in total. The van der Waals surface area contributed by atoms with E-state index in [-0.39, 0.29) is 18.4 Å². The van der Waals surface area contributed by atoms with E-state index in [1.54, 1.807) is 23.9 Å². The van der Waals surface area contributed by atoms with Crippen LogP contribution in [0.5, 0.6) is 0 Å². The summed E-state index contributed by atoms with van der Waals surface area (Å²) < 4.78 is 0. The van der Waals surface area contributed by atoms with Crippen molar-refractivity contribution in [3.63, 3.8) is 0 Å². The van der Waals surface area contributed by atoms with Crippen molar-refractivity contribution >= 4 is 18.2 Å². The zero-order chi connectivity index (χ0) is 10.6. The van der Waals surface area contributed by atoms with Gasteiger partial charge in [0.05, 0.1) is 6.34 Å². The molecule has 2 amide bonds. The Morgan fingerprint density at radius 3 is 2.86 bits per heavy atom. The molecule has 0 aliphatic carbocycles. The second-order valence-corrected chi connectivity index (χ2v) is 3.52. The smallest absolute Gasteiger partial charge is 0.266 e. The number of carbonyl (C=O) groups excluding carboxylic acids is 2. The highest BCUT2D eigenvalue weighted by molar-refractivity contribution is 5.89. The molecule has 0 aromatic rings. The van der Waals surface area contributed by atoms with Crippen molar-refractivity contribution in [2.24, 2.45) is 4.99 Å². The van der Waals surface area contributed by atoms with Crippen LogP contribution in [0.15, 0.2) is 4.99 Å². The first-order chi connectivity index (χ1) is 6.59. The summed E-state index contributed by atoms with van der Waals surface area (Å²) in [5.41, 5.74) is 0. The topological polar surface area (TPSA) is 53.0 Å². The third kappa shape index (κ3) is 3.16. The van der Waals surface area contributed by atoms with E-state index in [0.29, 0.717) is 13.0 Å². The van der Waals surface area contributed by atoms with Crippen molar-refractivity contribution in [2.75, 3.05) is 27.2 Å². The van der Waals surface area contributed by atoms with Gasteiger partial charge < -0.3 is 9.80 Å². The van der Waals surface area contributed by atoms with Crippen molar-refractivity contribution in [1.82, 2.24) is 9.80 Å². The maximum Gasteiger partial charge on any atom is 0.266 e. The van der Waals surface area contributed by atoms with Crippen LogP contribution in [0.3, 0.4) is 0 Å². The lowest BCUT2D eigenvalue weighted by atomic mass is 10.4. The molecular weight excluding hydrogens is 182 g/mol. The summed E-state index contributed by atoms with van der Waals surface area (Å²) in [5.74, 6) is -0.215. The number of hydrogen-bond acceptors (Lipinski definition) is 2. The number of amides is 2. The predicted molar refractivity (Wildman–Crippen MR) is 53.0 cm³/mol. The highest BCUT2D eigenvalue weighted by atomic mass is 16.2. The minimum Gasteiger partial charge on any atom is -0.369 e. The fraction of sp³-hybridized carbons (Fsp3) is 0.667. The van der Waals surface area contributed by atoms with Crippen LogP contribution in [0.25, 0.3) is 0 Å². The molecule has 0 aromatic heterocycles. The molecule has 0 atom stereocenters. The van der Waals surface area contributed by atoms with Gasteiger partial charge in [-0.05, 0) is 6.42 Å². The Hall–Kier alpha value is -1.39. The molecule has 5 nitrogen and oxygen atoms in total. The van der Waals surface area contributed by atoms with Crippen LogP contribution >= 0.6 is 0 Å². The van der Waals surface area contributed by atoms with Crippen LogP contribution in [0, 0.1) is 0 Å². The summed E-state index contributed by atoms with van der Waals surface area (Å²) in [5, 5.41) is 0. The first kappa shape index (κ1) is 10.7. The van der Waals surface area contributed by atoms with Crippen LogP contribution in [0.4, 0.5) is 0 Å². The van der Waals surface area contributed by atoms with Crippen molar-refractivity contribution in [3.05, 3.63) is 0 Å². The van der Waals surface area contributed by atoms with E-state index in [1.807, 2.05) is 0 Å². The predicted octanol–water partition coefficient (Wildman–Crippen LogP) is -0.275. The Balaban J connectivity index is 2.37. The average Bonchev–Trinajstić information content (AvgIpc) is 2.49. The third-order valence-corrected chi connectivity index (χ3v) is 1.93. The molecule has 0 aromatic carbocycles. The SMILES string of the molecule is CN(C)/C=N/C(=O)CN1CCCC1=O. The fourth-order valence-corrected chi connectivity index (χ4v) is 1.26. The van der Waals surface area contributed by atoms with E-state index in [4.69, 9.17) is 0 Å². The first-order valence-electron chi connectivity index (χ1n) is 4.61. The van der Waals surface area contributed by atoms with Crippen LogP contribution < -0.4 is 0 Å². The van der Waals surface area contributed by atoms with Crippen LogP contribution in [-0.2, 0) is 9.59 Å². The zero-order valence-corrected chi connectivity index (χ0v) is 8.56. The minimum absolute atomic E-state index is 0.0541. The van der Waals surface area contributed by atoms with Crippen LogP contribution in [0.1, 0.15) is 12.8 Å². The Kier molecular flexibility index (Phi) is 3.62. The second kappa shape index (κ2) is 4.74. The van der Waals surface area contributed by atoms with Gasteiger partial charge in [0, 0.05) is 27.1 Å². The summed E-state index contributed by atoms with van der Waals surface area (Å²) in [7, 11) is 3.58. The Labute approximate surface area is 83.4 Å². The normalized spacial score (nSPS) is 16.7. The number of nitrogens with zero attached hydrogens (tertiary/aromatic N) is 3. The largest absolute Gasteiger partial charge is 0.369 e. The fourth-order valence-electron chi connectivity index (χ4n) is 1.26. The lowest BCUT2D eigenvalue weighted by molar-refractivity contribution is -0.131. The van der Waals surface area contributed by atoms with Crippen molar-refractivity contribution in [1.29, 1.82) is 0 Å². The molecule has 14 heavy (non-hydrogen) atoms. The van der Waals surface area contributed by atoms with Crippen molar-refractivity contribution in [2.45, 2.75) is 12.8 Å². The number of hydrogen-bond donors (Lipinski definition) is 0. The van der Waals surface area contributed by atoms with Gasteiger partial charge in [0.2, 0.25) is 5.91 Å². The molecule has 1 rings (SSSR count). The third-order valence-electron chi connectivity index (χ3n) is 1.93. The van der Waals surface area contributed by atoms with Gasteiger partial charge in [-0.3, -0.25) is 9.59 Å². The van der Waals surface area contributed by atoms with Crippen molar-refractivity contribution in [3.8, 4) is 0 Å². The van der Waals surface area contributed by atoms with E-state index in [0.717, 1.165) is 6.42 Å². The molecule has 0 radical (unpaired) electrons. The second-order valence-electron chi connectivity index (χ2n) is 3.52. The molecule has 1 saturated heterocycles. The number of likely N-dealkylation sites (tertiary alicyclic amines) is 1. The van der Waals surface area contributed by atoms with Crippen LogP contribution in [0.2, 0.25) is 0 Å². The lowest BCUT2D eigenvalue weighted by Crippen LogP contribution is -2.30. The molecule has 1 heterocycles. The summed E-state index contributed by atoms with van der Waals surface area (Å²) in [6.45, 7) is 0.797. The van der Waals surface area contributed by atoms with Gasteiger partial charge in [-0.2, -0.15) is 0 Å². The molecule has 1 aliphatic rings. The van der Waals surface area contributed by atoms with E-state index in [9.17, 15) is 9.59 Å². The molecule has 0 bridgehead atoms. The Bertz CT molecular complexity index is 261. The standard InChI is InChI=1S/C9H15N3O2/c1-11(2)7-10-8(13)6-12-5-3-4-9(12)14/h7H,3-6H2,1-2H3/b10-7+. The van der Waals surface area contributed by atoms with Gasteiger partial charge in [-0.25, -0.2) is 4.99 Å². The van der Waals surface area contributed by atoms with E-state index in [2.05, 4.69) is 4.99 Å². The van der Waals surface area contributed by atoms with Gasteiger partial charge in [0.15, 0.2) is 0 Å². The highest BCUT2D eigenvalue weighted by Gasteiger charge is 2.21. The summed E-state index contributed by atoms with van der Waals surface area (Å²) >= 11 is 0. The summed E-state index contributed by atoms with van der Waals surface area (Å²) in [4.78, 5) is 29.3. The van der Waals surface area contributed by atoms with E-state index < -0.39 is 0 Å². The van der Waals surface area contributed by atoms with Gasteiger partial charge in [0.25, 0.3) is 5.91 Å². The number of aliphatic imine (C=N–C) groups is 1. The van der Waals surface area contributed by atoms with Gasteiger partial charge >= 0.3 is 0 Å². The van der Waals surface area contributed by atoms with Gasteiger partial charge in [0.1, 0.15) is 6.54 Å². The van der Waals surface area contributed by atoms with Gasteiger partial charge in [-0.1, -0.05) is 0 Å². The molecule has 1 fully saturated rings. The lowest BCUT2D eigenvalue weighted by Gasteiger charge is -2.12.